The van der Waals surface area contributed by atoms with E-state index < -0.39 is 69.8 Å². The van der Waals surface area contributed by atoms with Gasteiger partial charge < -0.3 is 40.5 Å². The third-order valence-corrected chi connectivity index (χ3v) is 5.95. The lowest BCUT2D eigenvalue weighted by Gasteiger charge is -2.37. The van der Waals surface area contributed by atoms with E-state index in [9.17, 15) is 34.8 Å². The van der Waals surface area contributed by atoms with Crippen molar-refractivity contribution in [3.05, 3.63) is 93.5 Å². The highest BCUT2D eigenvalue weighted by Crippen LogP contribution is 2.57. The summed E-state index contributed by atoms with van der Waals surface area (Å²) in [6.45, 7) is 0. The van der Waals surface area contributed by atoms with Crippen molar-refractivity contribution in [1.29, 1.82) is 0 Å². The number of nitrogens with zero attached hydrogens (tertiary/aromatic N) is 2. The fourth-order valence-corrected chi connectivity index (χ4v) is 4.28. The van der Waals surface area contributed by atoms with Crippen LogP contribution in [0.25, 0.3) is 0 Å². The Morgan fingerprint density at radius 2 is 1.64 bits per heavy atom. The molecule has 1 saturated heterocycles. The van der Waals surface area contributed by atoms with Crippen LogP contribution in [0.15, 0.2) is 65.6 Å². The zero-order chi connectivity index (χ0) is 26.4. The Morgan fingerprint density at radius 1 is 1.06 bits per heavy atom. The second kappa shape index (κ2) is 8.78. The summed E-state index contributed by atoms with van der Waals surface area (Å²) in [6, 6.07) is 9.77. The van der Waals surface area contributed by atoms with Crippen molar-refractivity contribution in [3.63, 3.8) is 0 Å². The maximum atomic E-state index is 16.1. The van der Waals surface area contributed by atoms with Gasteiger partial charge in [-0.15, -0.1) is 0 Å². The Bertz CT molecular complexity index is 1410. The number of carboxylic acids is 2. The zero-order valence-electron chi connectivity index (χ0n) is 18.1. The molecule has 3 aromatic rings. The average Bonchev–Trinajstić information content (AvgIpc) is 3.05. The summed E-state index contributed by atoms with van der Waals surface area (Å²) in [7, 11) is 0. The number of aliphatic hydroxyl groups is 2. The molecular weight excluding hydrogens is 484 g/mol. The van der Waals surface area contributed by atoms with E-state index in [1.807, 2.05) is 0 Å². The maximum absolute atomic E-state index is 16.1. The number of hydrogen-bond donors (Lipinski definition) is 3. The van der Waals surface area contributed by atoms with Crippen molar-refractivity contribution in [2.75, 3.05) is 5.73 Å². The molecule has 3 unspecified atom stereocenters. The highest BCUT2D eigenvalue weighted by atomic mass is 19.3. The van der Waals surface area contributed by atoms with Gasteiger partial charge in [0.25, 0.3) is 0 Å². The topological polar surface area (TPSA) is 191 Å². The number of benzene rings is 2. The summed E-state index contributed by atoms with van der Waals surface area (Å²) in [5.41, 5.74) is -2.31. The lowest BCUT2D eigenvalue weighted by Crippen LogP contribution is -2.53. The standard InChI is InChI=1S/C23H19F2N3O8/c24-23(25)20(28-10-9-15(26)27-21(28)34)36-17(16(29)11-5-1-2-6-12(11)18(30)31)22(23,35)14-8-4-3-7-13(14)19(32)33/h1-10,16-17,20,29,35H,(H,30,31)(H,32,33)(H2,26,27,34)/p-2/t16?,17?,20?,22-/m1/s1. The number of carboxylic acid groups (broad SMARTS) is 2. The number of aromatic nitrogens is 2. The Kier molecular flexibility index (Phi) is 6.08. The van der Waals surface area contributed by atoms with Gasteiger partial charge in [-0.25, -0.2) is 4.79 Å². The first-order chi connectivity index (χ1) is 16.9. The zero-order valence-corrected chi connectivity index (χ0v) is 18.1. The quantitative estimate of drug-likeness (QED) is 0.366. The van der Waals surface area contributed by atoms with Crippen molar-refractivity contribution in [3.8, 4) is 0 Å². The smallest absolute Gasteiger partial charge is 0.351 e. The van der Waals surface area contributed by atoms with Gasteiger partial charge in [0, 0.05) is 22.9 Å². The van der Waals surface area contributed by atoms with Gasteiger partial charge in [0.05, 0.1) is 11.9 Å². The third kappa shape index (κ3) is 3.69. The average molecular weight is 501 g/mol. The molecular formula is C23H17F2N3O8-2. The van der Waals surface area contributed by atoms with E-state index in [1.165, 1.54) is 18.2 Å². The molecule has 1 aliphatic heterocycles. The Labute approximate surface area is 200 Å². The minimum Gasteiger partial charge on any atom is -0.545 e. The first kappa shape index (κ1) is 24.9. The molecule has 0 saturated carbocycles. The number of ether oxygens (including phenoxy) is 1. The monoisotopic (exact) mass is 501 g/mol. The molecule has 4 N–H and O–H groups in total. The normalized spacial score (nSPS) is 23.8. The summed E-state index contributed by atoms with van der Waals surface area (Å²) < 4.78 is 37.8. The number of nitrogens with two attached hydrogens (primary N) is 1. The molecule has 11 nitrogen and oxygen atoms in total. The molecule has 0 spiro atoms. The number of nitrogen functional groups attached to an aromatic ring is 1. The molecule has 188 valence electrons. The SMILES string of the molecule is Nc1ccn(C2OC(C(O)c3ccccc3C(=O)[O-])[C@](O)(c3ccccc3C(=O)[O-])C2(F)F)c(=O)n1. The molecule has 0 radical (unpaired) electrons. The maximum Gasteiger partial charge on any atom is 0.351 e. The van der Waals surface area contributed by atoms with E-state index in [1.54, 1.807) is 0 Å². The van der Waals surface area contributed by atoms with E-state index in [0.29, 0.717) is 4.57 Å². The van der Waals surface area contributed by atoms with Crippen molar-refractivity contribution in [2.45, 2.75) is 30.0 Å². The Hall–Kier alpha value is -4.20. The summed E-state index contributed by atoms with van der Waals surface area (Å²) in [5.74, 6) is -8.48. The fraction of sp³-hybridized carbons (Fsp3) is 0.217. The minimum absolute atomic E-state index is 0.297. The summed E-state index contributed by atoms with van der Waals surface area (Å²) in [4.78, 5) is 39.0. The number of aliphatic hydroxyl groups excluding tert-OH is 1. The van der Waals surface area contributed by atoms with Crippen molar-refractivity contribution >= 4 is 17.8 Å². The minimum atomic E-state index is -4.50. The van der Waals surface area contributed by atoms with Crippen LogP contribution in [0.2, 0.25) is 0 Å². The van der Waals surface area contributed by atoms with Crippen LogP contribution in [0.4, 0.5) is 14.6 Å². The van der Waals surface area contributed by atoms with Crippen LogP contribution in [0.1, 0.15) is 44.2 Å². The molecule has 0 amide bonds. The number of hydrogen-bond acceptors (Lipinski definition) is 10. The predicted molar refractivity (Wildman–Crippen MR) is 112 cm³/mol. The molecule has 2 aromatic carbocycles. The molecule has 4 rings (SSSR count). The lowest BCUT2D eigenvalue weighted by molar-refractivity contribution is -0.256. The number of halogens is 2. The van der Waals surface area contributed by atoms with Crippen LogP contribution in [0.5, 0.6) is 0 Å². The van der Waals surface area contributed by atoms with E-state index in [4.69, 9.17) is 10.5 Å². The summed E-state index contributed by atoms with van der Waals surface area (Å²) in [6.07, 6.45) is -6.47. The molecule has 1 fully saturated rings. The van der Waals surface area contributed by atoms with Gasteiger partial charge in [-0.05, 0) is 11.6 Å². The largest absolute Gasteiger partial charge is 0.545 e. The molecule has 0 aliphatic carbocycles. The van der Waals surface area contributed by atoms with Crippen molar-refractivity contribution in [1.82, 2.24) is 9.55 Å². The van der Waals surface area contributed by atoms with Crippen LogP contribution in [-0.4, -0.2) is 43.7 Å². The van der Waals surface area contributed by atoms with E-state index in [2.05, 4.69) is 4.98 Å². The van der Waals surface area contributed by atoms with Crippen molar-refractivity contribution in [2.24, 2.45) is 0 Å². The first-order valence-electron chi connectivity index (χ1n) is 10.3. The number of rotatable bonds is 6. The number of carbonyl (C=O) groups excluding carboxylic acids is 2. The number of alkyl halides is 2. The second-order valence-corrected chi connectivity index (χ2v) is 7.99. The van der Waals surface area contributed by atoms with Crippen LogP contribution in [0.3, 0.4) is 0 Å². The highest BCUT2D eigenvalue weighted by molar-refractivity contribution is 5.89. The number of carbonyl (C=O) groups is 2. The predicted octanol–water partition coefficient (Wildman–Crippen LogP) is -1.29. The van der Waals surface area contributed by atoms with Gasteiger partial charge in [-0.1, -0.05) is 48.5 Å². The van der Waals surface area contributed by atoms with E-state index in [-0.39, 0.29) is 5.82 Å². The Morgan fingerprint density at radius 3 is 2.25 bits per heavy atom. The molecule has 2 heterocycles. The van der Waals surface area contributed by atoms with Gasteiger partial charge in [0.15, 0.2) is 5.60 Å². The van der Waals surface area contributed by atoms with E-state index in [0.717, 1.165) is 42.6 Å². The summed E-state index contributed by atoms with van der Waals surface area (Å²) in [5, 5.41) is 46.0. The Balaban J connectivity index is 1.99. The fourth-order valence-electron chi connectivity index (χ4n) is 4.28. The van der Waals surface area contributed by atoms with Gasteiger partial charge in [-0.3, -0.25) is 4.57 Å². The molecule has 36 heavy (non-hydrogen) atoms. The molecule has 1 aromatic heterocycles. The van der Waals surface area contributed by atoms with Crippen molar-refractivity contribution < 1.29 is 43.5 Å². The first-order valence-corrected chi connectivity index (χ1v) is 10.3. The lowest BCUT2D eigenvalue weighted by atomic mass is 9.77. The van der Waals surface area contributed by atoms with Crippen LogP contribution in [-0.2, 0) is 10.3 Å². The van der Waals surface area contributed by atoms with Crippen LogP contribution in [0, 0.1) is 0 Å². The summed E-state index contributed by atoms with van der Waals surface area (Å²) >= 11 is 0. The second-order valence-electron chi connectivity index (χ2n) is 7.99. The molecule has 1 aliphatic rings. The van der Waals surface area contributed by atoms with Crippen LogP contribution < -0.4 is 21.6 Å². The molecule has 13 heteroatoms. The van der Waals surface area contributed by atoms with Gasteiger partial charge >= 0.3 is 11.6 Å². The number of aromatic carboxylic acids is 2. The number of anilines is 1. The third-order valence-electron chi connectivity index (χ3n) is 5.95. The van der Waals surface area contributed by atoms with Gasteiger partial charge in [-0.2, -0.15) is 13.8 Å². The van der Waals surface area contributed by atoms with E-state index >= 15 is 8.78 Å². The molecule has 4 atom stereocenters. The van der Waals surface area contributed by atoms with Gasteiger partial charge in [0.1, 0.15) is 18.0 Å². The molecule has 0 bridgehead atoms. The van der Waals surface area contributed by atoms with Gasteiger partial charge in [0.2, 0.25) is 6.23 Å². The highest BCUT2D eigenvalue weighted by Gasteiger charge is 2.72. The van der Waals surface area contributed by atoms with Crippen LogP contribution >= 0.6 is 0 Å².